The van der Waals surface area contributed by atoms with Crippen LogP contribution in [-0.2, 0) is 6.18 Å². The molecule has 0 unspecified atom stereocenters. The molecule has 0 bridgehead atoms. The molecule has 2 N–H and O–H groups in total. The highest BCUT2D eigenvalue weighted by Gasteiger charge is 2.34. The second-order valence-corrected chi connectivity index (χ2v) is 6.38. The molecule has 2 rings (SSSR count). The van der Waals surface area contributed by atoms with Gasteiger partial charge in [0.1, 0.15) is 0 Å². The standard InChI is InChI=1S/C20H21F3N4O/c1-4-27(13(2)3)16-8-6-15(7-9-16)19(28)26-25-18-10-5-14(12-24)11-17(18)20(21,22)23/h5-11,13,25H,4H2,1-3H3,(H,26,28). The largest absolute Gasteiger partial charge is 0.418 e. The third-order valence-electron chi connectivity index (χ3n) is 4.19. The molecule has 1 amide bonds. The average Bonchev–Trinajstić information content (AvgIpc) is 2.66. The first kappa shape index (κ1) is 21.1. The van der Waals surface area contributed by atoms with Crippen LogP contribution < -0.4 is 15.8 Å². The number of nitrogens with one attached hydrogen (secondary N) is 2. The monoisotopic (exact) mass is 390 g/mol. The van der Waals surface area contributed by atoms with Crippen molar-refractivity contribution < 1.29 is 18.0 Å². The molecule has 148 valence electrons. The summed E-state index contributed by atoms with van der Waals surface area (Å²) in [5.74, 6) is -0.573. The Kier molecular flexibility index (Phi) is 6.52. The molecule has 0 aromatic heterocycles. The van der Waals surface area contributed by atoms with E-state index in [0.29, 0.717) is 11.6 Å². The number of carbonyl (C=O) groups is 1. The lowest BCUT2D eigenvalue weighted by molar-refractivity contribution is -0.137. The van der Waals surface area contributed by atoms with Gasteiger partial charge in [0, 0.05) is 23.8 Å². The van der Waals surface area contributed by atoms with E-state index in [4.69, 9.17) is 5.26 Å². The van der Waals surface area contributed by atoms with Crippen molar-refractivity contribution in [2.75, 3.05) is 16.9 Å². The van der Waals surface area contributed by atoms with E-state index < -0.39 is 17.6 Å². The smallest absolute Gasteiger partial charge is 0.369 e. The molecule has 5 nitrogen and oxygen atoms in total. The third kappa shape index (κ3) is 4.94. The zero-order chi connectivity index (χ0) is 20.9. The highest BCUT2D eigenvalue weighted by atomic mass is 19.4. The second kappa shape index (κ2) is 8.65. The van der Waals surface area contributed by atoms with Gasteiger partial charge >= 0.3 is 6.18 Å². The van der Waals surface area contributed by atoms with Gasteiger partial charge in [0.05, 0.1) is 22.9 Å². The maximum atomic E-state index is 13.2. The number of alkyl halides is 3. The van der Waals surface area contributed by atoms with E-state index in [0.717, 1.165) is 24.4 Å². The van der Waals surface area contributed by atoms with Gasteiger partial charge < -0.3 is 4.90 Å². The van der Waals surface area contributed by atoms with Crippen LogP contribution in [0.4, 0.5) is 24.5 Å². The van der Waals surface area contributed by atoms with E-state index in [-0.39, 0.29) is 11.3 Å². The Bertz CT molecular complexity index is 871. The van der Waals surface area contributed by atoms with Crippen LogP contribution in [0, 0.1) is 11.3 Å². The Morgan fingerprint density at radius 2 is 1.82 bits per heavy atom. The lowest BCUT2D eigenvalue weighted by Crippen LogP contribution is -2.31. The van der Waals surface area contributed by atoms with E-state index >= 15 is 0 Å². The summed E-state index contributed by atoms with van der Waals surface area (Å²) in [4.78, 5) is 14.4. The Balaban J connectivity index is 2.14. The number of hydrogen-bond donors (Lipinski definition) is 2. The normalized spacial score (nSPS) is 11.1. The summed E-state index contributed by atoms with van der Waals surface area (Å²) >= 11 is 0. The number of nitriles is 1. The van der Waals surface area contributed by atoms with Crippen molar-refractivity contribution in [1.29, 1.82) is 5.26 Å². The van der Waals surface area contributed by atoms with Crippen molar-refractivity contribution in [3.8, 4) is 6.07 Å². The van der Waals surface area contributed by atoms with Gasteiger partial charge in [0.15, 0.2) is 0 Å². The Morgan fingerprint density at radius 1 is 1.18 bits per heavy atom. The fourth-order valence-electron chi connectivity index (χ4n) is 2.80. The van der Waals surface area contributed by atoms with E-state index in [2.05, 4.69) is 29.6 Å². The zero-order valence-corrected chi connectivity index (χ0v) is 15.8. The first-order valence-electron chi connectivity index (χ1n) is 8.71. The summed E-state index contributed by atoms with van der Waals surface area (Å²) in [7, 11) is 0. The minimum Gasteiger partial charge on any atom is -0.369 e. The maximum Gasteiger partial charge on any atom is 0.418 e. The second-order valence-electron chi connectivity index (χ2n) is 6.38. The quantitative estimate of drug-likeness (QED) is 0.709. The number of rotatable bonds is 6. The van der Waals surface area contributed by atoms with Gasteiger partial charge in [-0.25, -0.2) is 0 Å². The molecule has 0 radical (unpaired) electrons. The van der Waals surface area contributed by atoms with E-state index in [1.807, 2.05) is 6.92 Å². The van der Waals surface area contributed by atoms with Gasteiger partial charge in [-0.05, 0) is 63.2 Å². The van der Waals surface area contributed by atoms with E-state index in [9.17, 15) is 18.0 Å². The van der Waals surface area contributed by atoms with Crippen molar-refractivity contribution in [2.24, 2.45) is 0 Å². The molecular weight excluding hydrogens is 369 g/mol. The van der Waals surface area contributed by atoms with Crippen LogP contribution in [0.2, 0.25) is 0 Å². The zero-order valence-electron chi connectivity index (χ0n) is 15.8. The lowest BCUT2D eigenvalue weighted by Gasteiger charge is -2.27. The lowest BCUT2D eigenvalue weighted by atomic mass is 10.1. The summed E-state index contributed by atoms with van der Waals surface area (Å²) in [6.07, 6.45) is -4.66. The number of halogens is 3. The molecule has 0 aliphatic carbocycles. The minimum absolute atomic E-state index is 0.120. The average molecular weight is 390 g/mol. The van der Waals surface area contributed by atoms with Crippen LogP contribution in [-0.4, -0.2) is 18.5 Å². The van der Waals surface area contributed by atoms with E-state index in [1.54, 1.807) is 30.3 Å². The number of benzene rings is 2. The highest BCUT2D eigenvalue weighted by molar-refractivity contribution is 5.95. The maximum absolute atomic E-state index is 13.2. The molecule has 0 aliphatic heterocycles. The SMILES string of the molecule is CCN(c1ccc(C(=O)NNc2ccc(C#N)cc2C(F)(F)F)cc1)C(C)C. The van der Waals surface area contributed by atoms with Crippen LogP contribution in [0.3, 0.4) is 0 Å². The van der Waals surface area contributed by atoms with Gasteiger partial charge in [0.25, 0.3) is 5.91 Å². The first-order chi connectivity index (χ1) is 13.2. The van der Waals surface area contributed by atoms with E-state index in [1.165, 1.54) is 6.07 Å². The number of carbonyl (C=O) groups excluding carboxylic acids is 1. The molecular formula is C20H21F3N4O. The summed E-state index contributed by atoms with van der Waals surface area (Å²) in [6.45, 7) is 6.96. The number of hydrazine groups is 1. The predicted octanol–water partition coefficient (Wildman–Crippen LogP) is 4.57. The van der Waals surface area contributed by atoms with Crippen molar-refractivity contribution in [1.82, 2.24) is 5.43 Å². The molecule has 8 heteroatoms. The molecule has 0 aliphatic rings. The van der Waals surface area contributed by atoms with Crippen molar-refractivity contribution in [3.05, 3.63) is 59.2 Å². The van der Waals surface area contributed by atoms with Crippen LogP contribution in [0.25, 0.3) is 0 Å². The van der Waals surface area contributed by atoms with Gasteiger partial charge in [-0.3, -0.25) is 15.6 Å². The Labute approximate surface area is 161 Å². The molecule has 0 saturated carbocycles. The predicted molar refractivity (Wildman–Crippen MR) is 102 cm³/mol. The molecule has 0 fully saturated rings. The Hall–Kier alpha value is -3.21. The number of nitrogens with zero attached hydrogens (tertiary/aromatic N) is 2. The minimum atomic E-state index is -4.66. The summed E-state index contributed by atoms with van der Waals surface area (Å²) in [5.41, 5.74) is 4.33. The summed E-state index contributed by atoms with van der Waals surface area (Å²) in [5, 5.41) is 8.79. The fraction of sp³-hybridized carbons (Fsp3) is 0.300. The first-order valence-corrected chi connectivity index (χ1v) is 8.71. The van der Waals surface area contributed by atoms with Crippen molar-refractivity contribution in [2.45, 2.75) is 33.0 Å². The number of amides is 1. The van der Waals surface area contributed by atoms with Gasteiger partial charge in [-0.15, -0.1) is 0 Å². The molecule has 0 heterocycles. The highest BCUT2D eigenvalue weighted by Crippen LogP contribution is 2.35. The molecule has 28 heavy (non-hydrogen) atoms. The van der Waals surface area contributed by atoms with Gasteiger partial charge in [-0.1, -0.05) is 0 Å². The molecule has 2 aromatic carbocycles. The topological polar surface area (TPSA) is 68.2 Å². The molecule has 0 atom stereocenters. The molecule has 0 spiro atoms. The van der Waals surface area contributed by atoms with Crippen molar-refractivity contribution in [3.63, 3.8) is 0 Å². The summed E-state index contributed by atoms with van der Waals surface area (Å²) < 4.78 is 39.5. The molecule has 0 saturated heterocycles. The summed E-state index contributed by atoms with van der Waals surface area (Å²) in [6, 6.07) is 11.8. The van der Waals surface area contributed by atoms with Crippen LogP contribution in [0.5, 0.6) is 0 Å². The molecule has 2 aromatic rings. The van der Waals surface area contributed by atoms with Crippen LogP contribution in [0.15, 0.2) is 42.5 Å². The van der Waals surface area contributed by atoms with Crippen LogP contribution in [0.1, 0.15) is 42.3 Å². The number of anilines is 2. The Morgan fingerprint density at radius 3 is 2.32 bits per heavy atom. The third-order valence-corrected chi connectivity index (χ3v) is 4.19. The van der Waals surface area contributed by atoms with Gasteiger partial charge in [-0.2, -0.15) is 18.4 Å². The van der Waals surface area contributed by atoms with Crippen molar-refractivity contribution >= 4 is 17.3 Å². The fourth-order valence-corrected chi connectivity index (χ4v) is 2.80. The van der Waals surface area contributed by atoms with Crippen LogP contribution >= 0.6 is 0 Å². The number of hydrogen-bond acceptors (Lipinski definition) is 4. The van der Waals surface area contributed by atoms with Gasteiger partial charge in [0.2, 0.25) is 0 Å².